The van der Waals surface area contributed by atoms with Gasteiger partial charge in [0.25, 0.3) is 0 Å². The summed E-state index contributed by atoms with van der Waals surface area (Å²) < 4.78 is 13.4. The Labute approximate surface area is 104 Å². The van der Waals surface area contributed by atoms with Gasteiger partial charge in [-0.15, -0.1) is 23.2 Å². The fraction of sp³-hybridized carbons (Fsp3) is 0.455. The molecule has 84 valence electrons. The Morgan fingerprint density at radius 2 is 1.87 bits per heavy atom. The SMILES string of the molecule is CC(CCl)(CCl)Cc1cc(Cl)ccc1F. The second kappa shape index (κ2) is 5.38. The summed E-state index contributed by atoms with van der Waals surface area (Å²) in [7, 11) is 0. The van der Waals surface area contributed by atoms with E-state index in [-0.39, 0.29) is 11.2 Å². The van der Waals surface area contributed by atoms with Crippen molar-refractivity contribution < 1.29 is 4.39 Å². The van der Waals surface area contributed by atoms with Gasteiger partial charge in [-0.2, -0.15) is 0 Å². The Balaban J connectivity index is 2.92. The molecule has 0 N–H and O–H groups in total. The van der Waals surface area contributed by atoms with E-state index < -0.39 is 0 Å². The van der Waals surface area contributed by atoms with Gasteiger partial charge in [0.15, 0.2) is 0 Å². The van der Waals surface area contributed by atoms with Crippen LogP contribution in [0.1, 0.15) is 12.5 Å². The standard InChI is InChI=1S/C11H12Cl3F/c1-11(6-12,7-13)5-8-4-9(14)2-3-10(8)15/h2-4H,5-7H2,1H3. The summed E-state index contributed by atoms with van der Waals surface area (Å²) in [6.07, 6.45) is 0.492. The zero-order chi connectivity index (χ0) is 11.5. The molecule has 0 radical (unpaired) electrons. The van der Waals surface area contributed by atoms with Crippen LogP contribution in [0.25, 0.3) is 0 Å². The van der Waals surface area contributed by atoms with E-state index >= 15 is 0 Å². The molecule has 0 unspecified atom stereocenters. The van der Waals surface area contributed by atoms with E-state index in [1.807, 2.05) is 6.92 Å². The zero-order valence-corrected chi connectivity index (χ0v) is 10.6. The third kappa shape index (κ3) is 3.51. The molecule has 1 rings (SSSR count). The fourth-order valence-electron chi connectivity index (χ4n) is 1.27. The molecule has 0 aromatic heterocycles. The number of rotatable bonds is 4. The maximum absolute atomic E-state index is 13.4. The summed E-state index contributed by atoms with van der Waals surface area (Å²) in [5.74, 6) is 0.520. The van der Waals surface area contributed by atoms with Crippen molar-refractivity contribution in [2.75, 3.05) is 11.8 Å². The van der Waals surface area contributed by atoms with Gasteiger partial charge in [0.2, 0.25) is 0 Å². The van der Waals surface area contributed by atoms with Crippen LogP contribution in [0, 0.1) is 11.2 Å². The van der Waals surface area contributed by atoms with Crippen molar-refractivity contribution in [3.8, 4) is 0 Å². The topological polar surface area (TPSA) is 0 Å². The van der Waals surface area contributed by atoms with Gasteiger partial charge in [-0.25, -0.2) is 4.39 Å². The van der Waals surface area contributed by atoms with Crippen LogP contribution in [0.3, 0.4) is 0 Å². The quantitative estimate of drug-likeness (QED) is 0.706. The molecule has 0 amide bonds. The summed E-state index contributed by atoms with van der Waals surface area (Å²) in [6, 6.07) is 4.51. The largest absolute Gasteiger partial charge is 0.207 e. The molecule has 0 spiro atoms. The number of alkyl halides is 2. The molecule has 0 saturated heterocycles. The second-order valence-corrected chi connectivity index (χ2v) is 4.96. The van der Waals surface area contributed by atoms with E-state index in [4.69, 9.17) is 34.8 Å². The third-order valence-electron chi connectivity index (χ3n) is 2.27. The van der Waals surface area contributed by atoms with Crippen molar-refractivity contribution >= 4 is 34.8 Å². The van der Waals surface area contributed by atoms with E-state index in [1.165, 1.54) is 12.1 Å². The van der Waals surface area contributed by atoms with E-state index in [0.717, 1.165) is 0 Å². The molecule has 0 bridgehead atoms. The summed E-state index contributed by atoms with van der Waals surface area (Å²) >= 11 is 17.4. The smallest absolute Gasteiger partial charge is 0.126 e. The highest BCUT2D eigenvalue weighted by atomic mass is 35.5. The maximum Gasteiger partial charge on any atom is 0.126 e. The van der Waals surface area contributed by atoms with Gasteiger partial charge in [-0.05, 0) is 35.6 Å². The Hall–Kier alpha value is 0.0200. The van der Waals surface area contributed by atoms with Gasteiger partial charge in [0.05, 0.1) is 0 Å². The number of halogens is 4. The lowest BCUT2D eigenvalue weighted by Gasteiger charge is -2.24. The third-order valence-corrected chi connectivity index (χ3v) is 3.80. The minimum absolute atomic E-state index is 0.263. The molecule has 0 aliphatic heterocycles. The lowest BCUT2D eigenvalue weighted by atomic mass is 9.87. The average Bonchev–Trinajstić information content (AvgIpc) is 2.23. The van der Waals surface area contributed by atoms with Crippen molar-refractivity contribution in [1.82, 2.24) is 0 Å². The minimum Gasteiger partial charge on any atom is -0.207 e. The summed E-state index contributed by atoms with van der Waals surface area (Å²) in [5, 5.41) is 0.526. The van der Waals surface area contributed by atoms with Crippen molar-refractivity contribution in [1.29, 1.82) is 0 Å². The first-order valence-electron chi connectivity index (χ1n) is 4.56. The Morgan fingerprint density at radius 3 is 2.40 bits per heavy atom. The van der Waals surface area contributed by atoms with E-state index in [2.05, 4.69) is 0 Å². The lowest BCUT2D eigenvalue weighted by Crippen LogP contribution is -2.24. The van der Waals surface area contributed by atoms with Gasteiger partial charge in [0.1, 0.15) is 5.82 Å². The molecule has 0 heterocycles. The highest BCUT2D eigenvalue weighted by molar-refractivity contribution is 6.30. The molecule has 0 atom stereocenters. The summed E-state index contributed by atoms with van der Waals surface area (Å²) in [6.45, 7) is 1.92. The molecule has 0 nitrogen and oxygen atoms in total. The number of hydrogen-bond acceptors (Lipinski definition) is 0. The van der Waals surface area contributed by atoms with Crippen LogP contribution < -0.4 is 0 Å². The second-order valence-electron chi connectivity index (χ2n) is 3.99. The van der Waals surface area contributed by atoms with Gasteiger partial charge >= 0.3 is 0 Å². The molecule has 0 saturated carbocycles. The van der Waals surface area contributed by atoms with E-state index in [0.29, 0.717) is 28.8 Å². The van der Waals surface area contributed by atoms with E-state index in [1.54, 1.807) is 6.07 Å². The zero-order valence-electron chi connectivity index (χ0n) is 8.37. The predicted molar refractivity (Wildman–Crippen MR) is 64.7 cm³/mol. The molecule has 1 aromatic carbocycles. The van der Waals surface area contributed by atoms with Gasteiger partial charge in [-0.3, -0.25) is 0 Å². The first-order valence-corrected chi connectivity index (χ1v) is 6.01. The maximum atomic E-state index is 13.4. The molecule has 0 fully saturated rings. The minimum atomic E-state index is -0.297. The molecule has 15 heavy (non-hydrogen) atoms. The normalized spacial score (nSPS) is 11.8. The average molecular weight is 270 g/mol. The first kappa shape index (κ1) is 13.1. The lowest BCUT2D eigenvalue weighted by molar-refractivity contribution is 0.415. The predicted octanol–water partition coefficient (Wildman–Crippen LogP) is 4.51. The number of benzene rings is 1. The summed E-state index contributed by atoms with van der Waals surface area (Å²) in [4.78, 5) is 0. The Bertz CT molecular complexity index is 335. The van der Waals surface area contributed by atoms with Crippen LogP contribution in [0.2, 0.25) is 5.02 Å². The fourth-order valence-corrected chi connectivity index (χ4v) is 1.94. The van der Waals surface area contributed by atoms with E-state index in [9.17, 15) is 4.39 Å². The highest BCUT2D eigenvalue weighted by Crippen LogP contribution is 2.28. The van der Waals surface area contributed by atoms with Crippen LogP contribution in [-0.2, 0) is 6.42 Å². The Kier molecular flexibility index (Phi) is 4.69. The molecule has 0 aliphatic carbocycles. The van der Waals surface area contributed by atoms with Crippen molar-refractivity contribution in [2.45, 2.75) is 13.3 Å². The Morgan fingerprint density at radius 1 is 1.27 bits per heavy atom. The molecule has 4 heteroatoms. The van der Waals surface area contributed by atoms with Crippen LogP contribution in [0.5, 0.6) is 0 Å². The van der Waals surface area contributed by atoms with Gasteiger partial charge < -0.3 is 0 Å². The molecule has 1 aromatic rings. The van der Waals surface area contributed by atoms with Crippen LogP contribution in [0.4, 0.5) is 4.39 Å². The molecular formula is C11H12Cl3F. The summed E-state index contributed by atoms with van der Waals surface area (Å²) in [5.41, 5.74) is 0.264. The van der Waals surface area contributed by atoms with Crippen molar-refractivity contribution in [3.63, 3.8) is 0 Å². The first-order chi connectivity index (χ1) is 7.00. The van der Waals surface area contributed by atoms with Gasteiger partial charge in [0, 0.05) is 16.8 Å². The molecular weight excluding hydrogens is 257 g/mol. The van der Waals surface area contributed by atoms with Gasteiger partial charge in [-0.1, -0.05) is 18.5 Å². The van der Waals surface area contributed by atoms with Crippen LogP contribution >= 0.6 is 34.8 Å². The van der Waals surface area contributed by atoms with Crippen molar-refractivity contribution in [3.05, 3.63) is 34.6 Å². The van der Waals surface area contributed by atoms with Crippen LogP contribution in [-0.4, -0.2) is 11.8 Å². The number of hydrogen-bond donors (Lipinski definition) is 0. The monoisotopic (exact) mass is 268 g/mol. The van der Waals surface area contributed by atoms with Crippen molar-refractivity contribution in [2.24, 2.45) is 5.41 Å². The molecule has 0 aliphatic rings. The highest BCUT2D eigenvalue weighted by Gasteiger charge is 2.24. The van der Waals surface area contributed by atoms with Crippen LogP contribution in [0.15, 0.2) is 18.2 Å².